The highest BCUT2D eigenvalue weighted by Crippen LogP contribution is 2.33. The third-order valence-corrected chi connectivity index (χ3v) is 5.19. The second kappa shape index (κ2) is 7.55. The molecule has 0 amide bonds. The summed E-state index contributed by atoms with van der Waals surface area (Å²) >= 11 is 5.49. The summed E-state index contributed by atoms with van der Waals surface area (Å²) in [4.78, 5) is 1.47. The van der Waals surface area contributed by atoms with E-state index in [1.165, 1.54) is 33.5 Å². The van der Waals surface area contributed by atoms with Crippen molar-refractivity contribution < 1.29 is 0 Å². The van der Waals surface area contributed by atoms with Crippen LogP contribution in [0.4, 0.5) is 0 Å². The molecule has 3 heteroatoms. The van der Waals surface area contributed by atoms with Gasteiger partial charge >= 0.3 is 0 Å². The fourth-order valence-electron chi connectivity index (χ4n) is 1.98. The van der Waals surface area contributed by atoms with Gasteiger partial charge in [0, 0.05) is 10.9 Å². The molecule has 1 aromatic rings. The van der Waals surface area contributed by atoms with Crippen LogP contribution in [0.1, 0.15) is 56.5 Å². The zero-order valence-electron chi connectivity index (χ0n) is 11.3. The third kappa shape index (κ3) is 5.11. The predicted molar refractivity (Wildman–Crippen MR) is 81.9 cm³/mol. The van der Waals surface area contributed by atoms with Crippen LogP contribution in [0.5, 0.6) is 0 Å². The average molecular weight is 318 g/mol. The van der Waals surface area contributed by atoms with Gasteiger partial charge in [-0.05, 0) is 53.4 Å². The number of aryl methyl sites for hydroxylation is 1. The van der Waals surface area contributed by atoms with Gasteiger partial charge in [0.2, 0.25) is 0 Å². The molecular formula is C14H24BrNS. The molecule has 1 unspecified atom stereocenters. The van der Waals surface area contributed by atoms with Gasteiger partial charge in [-0.2, -0.15) is 0 Å². The van der Waals surface area contributed by atoms with Crippen LogP contribution in [0.15, 0.2) is 9.85 Å². The number of hydrogen-bond acceptors (Lipinski definition) is 2. The summed E-state index contributed by atoms with van der Waals surface area (Å²) in [6.07, 6.45) is 3.88. The van der Waals surface area contributed by atoms with E-state index in [1.807, 2.05) is 11.3 Å². The zero-order chi connectivity index (χ0) is 12.8. The van der Waals surface area contributed by atoms with Gasteiger partial charge in [-0.1, -0.05) is 33.6 Å². The molecule has 1 nitrogen and oxygen atoms in total. The molecule has 0 bridgehead atoms. The Kier molecular flexibility index (Phi) is 6.75. The molecule has 0 saturated heterocycles. The number of thiophene rings is 1. The predicted octanol–water partition coefficient (Wildman–Crippen LogP) is 5.30. The monoisotopic (exact) mass is 317 g/mol. The molecule has 1 N–H and O–H groups in total. The van der Waals surface area contributed by atoms with E-state index in [2.05, 4.69) is 55.0 Å². The summed E-state index contributed by atoms with van der Waals surface area (Å²) in [5.74, 6) is 0.814. The molecule has 0 aliphatic carbocycles. The van der Waals surface area contributed by atoms with Crippen molar-refractivity contribution in [3.05, 3.63) is 20.3 Å². The highest BCUT2D eigenvalue weighted by atomic mass is 79.9. The van der Waals surface area contributed by atoms with Crippen molar-refractivity contribution in [2.75, 3.05) is 6.54 Å². The summed E-state index contributed by atoms with van der Waals surface area (Å²) in [7, 11) is 0. The van der Waals surface area contributed by atoms with Crippen molar-refractivity contribution in [3.8, 4) is 0 Å². The van der Waals surface area contributed by atoms with E-state index in [-0.39, 0.29) is 0 Å². The highest BCUT2D eigenvalue weighted by molar-refractivity contribution is 9.11. The van der Waals surface area contributed by atoms with Crippen LogP contribution < -0.4 is 5.32 Å². The number of halogens is 1. The Labute approximate surface area is 118 Å². The van der Waals surface area contributed by atoms with Crippen LogP contribution in [0, 0.1) is 12.8 Å². The Morgan fingerprint density at radius 3 is 2.53 bits per heavy atom. The Bertz CT molecular complexity index is 313. The van der Waals surface area contributed by atoms with Crippen molar-refractivity contribution in [2.45, 2.75) is 53.0 Å². The fourth-order valence-corrected chi connectivity index (χ4v) is 3.66. The molecular weight excluding hydrogens is 294 g/mol. The van der Waals surface area contributed by atoms with E-state index >= 15 is 0 Å². The summed E-state index contributed by atoms with van der Waals surface area (Å²) in [6.45, 7) is 10.00. The molecule has 0 fully saturated rings. The van der Waals surface area contributed by atoms with Crippen LogP contribution in [-0.4, -0.2) is 6.54 Å². The molecule has 0 aliphatic rings. The van der Waals surface area contributed by atoms with Crippen molar-refractivity contribution >= 4 is 27.3 Å². The average Bonchev–Trinajstić information content (AvgIpc) is 2.57. The van der Waals surface area contributed by atoms with Crippen molar-refractivity contribution in [1.82, 2.24) is 5.32 Å². The second-order valence-electron chi connectivity index (χ2n) is 5.04. The van der Waals surface area contributed by atoms with E-state index in [4.69, 9.17) is 0 Å². The molecule has 0 spiro atoms. The Hall–Kier alpha value is 0.140. The van der Waals surface area contributed by atoms with Crippen LogP contribution in [0.2, 0.25) is 0 Å². The van der Waals surface area contributed by atoms with Crippen molar-refractivity contribution in [2.24, 2.45) is 5.92 Å². The number of hydrogen-bond donors (Lipinski definition) is 1. The minimum absolute atomic E-state index is 0.536. The minimum Gasteiger partial charge on any atom is -0.310 e. The van der Waals surface area contributed by atoms with Crippen LogP contribution in [-0.2, 0) is 0 Å². The van der Waals surface area contributed by atoms with Gasteiger partial charge in [0.25, 0.3) is 0 Å². The highest BCUT2D eigenvalue weighted by Gasteiger charge is 2.14. The minimum atomic E-state index is 0.536. The standard InChI is InChI=1S/C14H24BrNS/c1-5-16-12(8-6-7-10(2)3)13-9-11(4)14(15)17-13/h9-10,12,16H,5-8H2,1-4H3. The molecule has 98 valence electrons. The van der Waals surface area contributed by atoms with Crippen LogP contribution in [0.3, 0.4) is 0 Å². The molecule has 1 atom stereocenters. The van der Waals surface area contributed by atoms with Crippen molar-refractivity contribution in [3.63, 3.8) is 0 Å². The number of nitrogens with one attached hydrogen (secondary N) is 1. The maximum absolute atomic E-state index is 3.62. The second-order valence-corrected chi connectivity index (χ2v) is 7.44. The molecule has 0 aliphatic heterocycles. The lowest BCUT2D eigenvalue weighted by Crippen LogP contribution is -2.20. The lowest BCUT2D eigenvalue weighted by atomic mass is 10.0. The van der Waals surface area contributed by atoms with E-state index in [9.17, 15) is 0 Å². The summed E-state index contributed by atoms with van der Waals surface area (Å²) in [5.41, 5.74) is 1.36. The maximum Gasteiger partial charge on any atom is 0.0731 e. The lowest BCUT2D eigenvalue weighted by molar-refractivity contribution is 0.459. The van der Waals surface area contributed by atoms with Gasteiger partial charge in [0.15, 0.2) is 0 Å². The Morgan fingerprint density at radius 1 is 1.35 bits per heavy atom. The van der Waals surface area contributed by atoms with Gasteiger partial charge < -0.3 is 5.32 Å². The maximum atomic E-state index is 3.62. The first-order chi connectivity index (χ1) is 8.04. The van der Waals surface area contributed by atoms with E-state index < -0.39 is 0 Å². The normalized spacial score (nSPS) is 13.3. The SMILES string of the molecule is CCNC(CCCC(C)C)c1cc(C)c(Br)s1. The molecule has 1 heterocycles. The van der Waals surface area contributed by atoms with Gasteiger partial charge in [-0.25, -0.2) is 0 Å². The molecule has 0 aromatic carbocycles. The zero-order valence-corrected chi connectivity index (χ0v) is 13.7. The fraction of sp³-hybridized carbons (Fsp3) is 0.714. The van der Waals surface area contributed by atoms with Gasteiger partial charge in [0.1, 0.15) is 0 Å². The van der Waals surface area contributed by atoms with Crippen LogP contribution >= 0.6 is 27.3 Å². The summed E-state index contributed by atoms with van der Waals surface area (Å²) < 4.78 is 1.28. The largest absolute Gasteiger partial charge is 0.310 e. The molecule has 1 rings (SSSR count). The molecule has 0 saturated carbocycles. The first-order valence-corrected chi connectivity index (χ1v) is 8.14. The summed E-state index contributed by atoms with van der Waals surface area (Å²) in [6, 6.07) is 2.85. The number of rotatable bonds is 7. The molecule has 17 heavy (non-hydrogen) atoms. The topological polar surface area (TPSA) is 12.0 Å². The van der Waals surface area contributed by atoms with Gasteiger partial charge in [-0.15, -0.1) is 11.3 Å². The van der Waals surface area contributed by atoms with Crippen molar-refractivity contribution in [1.29, 1.82) is 0 Å². The Balaban J connectivity index is 2.58. The first-order valence-electron chi connectivity index (χ1n) is 6.53. The molecule has 0 radical (unpaired) electrons. The third-order valence-electron chi connectivity index (χ3n) is 2.94. The Morgan fingerprint density at radius 2 is 2.06 bits per heavy atom. The quantitative estimate of drug-likeness (QED) is 0.720. The smallest absolute Gasteiger partial charge is 0.0731 e. The van der Waals surface area contributed by atoms with E-state index in [0.29, 0.717) is 6.04 Å². The summed E-state index contributed by atoms with van der Waals surface area (Å²) in [5, 5.41) is 3.60. The van der Waals surface area contributed by atoms with Gasteiger partial charge in [0.05, 0.1) is 3.79 Å². The molecule has 1 aromatic heterocycles. The van der Waals surface area contributed by atoms with E-state index in [0.717, 1.165) is 12.5 Å². The van der Waals surface area contributed by atoms with E-state index in [1.54, 1.807) is 0 Å². The lowest BCUT2D eigenvalue weighted by Gasteiger charge is -2.16. The van der Waals surface area contributed by atoms with Gasteiger partial charge in [-0.3, -0.25) is 0 Å². The first kappa shape index (κ1) is 15.2. The van der Waals surface area contributed by atoms with Crippen LogP contribution in [0.25, 0.3) is 0 Å².